The molecule has 0 aromatic carbocycles. The minimum absolute atomic E-state index is 0.545. The molecule has 17 heavy (non-hydrogen) atoms. The SMILES string of the molecule is CCC.CCCCCC1C(C)CC1C(C)(C)C. The van der Waals surface area contributed by atoms with Crippen molar-refractivity contribution in [2.45, 2.75) is 87.0 Å². The van der Waals surface area contributed by atoms with Crippen LogP contribution in [0.1, 0.15) is 87.0 Å². The van der Waals surface area contributed by atoms with Crippen molar-refractivity contribution in [3.63, 3.8) is 0 Å². The lowest BCUT2D eigenvalue weighted by molar-refractivity contribution is -0.00887. The molecule has 0 aliphatic heterocycles. The van der Waals surface area contributed by atoms with Crippen LogP contribution in [0.3, 0.4) is 0 Å². The minimum atomic E-state index is 0.545. The molecule has 104 valence electrons. The molecule has 0 nitrogen and oxygen atoms in total. The molecule has 0 radical (unpaired) electrons. The highest BCUT2D eigenvalue weighted by atomic mass is 14.5. The number of unbranched alkanes of at least 4 members (excludes halogenated alkanes) is 2. The Hall–Kier alpha value is 0. The van der Waals surface area contributed by atoms with Gasteiger partial charge in [-0.15, -0.1) is 0 Å². The summed E-state index contributed by atoms with van der Waals surface area (Å²) in [4.78, 5) is 0. The van der Waals surface area contributed by atoms with Gasteiger partial charge in [-0.3, -0.25) is 0 Å². The second-order valence-corrected chi connectivity index (χ2v) is 7.05. The smallest absolute Gasteiger partial charge is 0.0332 e. The van der Waals surface area contributed by atoms with Crippen molar-refractivity contribution < 1.29 is 0 Å². The molecule has 0 aromatic heterocycles. The zero-order valence-corrected chi connectivity index (χ0v) is 13.5. The summed E-state index contributed by atoms with van der Waals surface area (Å²) in [5.41, 5.74) is 0.545. The van der Waals surface area contributed by atoms with Gasteiger partial charge in [-0.25, -0.2) is 0 Å². The molecular weight excluding hydrogens is 204 g/mol. The lowest BCUT2D eigenvalue weighted by atomic mass is 9.55. The molecule has 0 bridgehead atoms. The van der Waals surface area contributed by atoms with Crippen molar-refractivity contribution in [2.75, 3.05) is 0 Å². The Labute approximate surface area is 111 Å². The van der Waals surface area contributed by atoms with E-state index in [0.717, 1.165) is 17.8 Å². The normalized spacial score (nSPS) is 28.1. The van der Waals surface area contributed by atoms with E-state index in [1.165, 1.54) is 38.5 Å². The Kier molecular flexibility index (Phi) is 8.16. The summed E-state index contributed by atoms with van der Waals surface area (Å²) < 4.78 is 0. The highest BCUT2D eigenvalue weighted by molar-refractivity contribution is 4.92. The Morgan fingerprint density at radius 3 is 1.88 bits per heavy atom. The third kappa shape index (κ3) is 5.93. The highest BCUT2D eigenvalue weighted by Gasteiger charge is 2.43. The predicted octanol–water partition coefficient (Wildman–Crippen LogP) is 6.30. The Bertz CT molecular complexity index is 175. The average molecular weight is 240 g/mol. The first kappa shape index (κ1) is 17.0. The Morgan fingerprint density at radius 2 is 1.53 bits per heavy atom. The maximum absolute atomic E-state index is 2.44. The molecular formula is C17H36. The van der Waals surface area contributed by atoms with E-state index in [-0.39, 0.29) is 0 Å². The van der Waals surface area contributed by atoms with E-state index in [1.807, 2.05) is 0 Å². The van der Waals surface area contributed by atoms with E-state index in [2.05, 4.69) is 48.5 Å². The summed E-state index contributed by atoms with van der Waals surface area (Å²) in [6.45, 7) is 16.2. The first-order valence-corrected chi connectivity index (χ1v) is 7.88. The third-order valence-electron chi connectivity index (χ3n) is 4.13. The van der Waals surface area contributed by atoms with Crippen molar-refractivity contribution >= 4 is 0 Å². The quantitative estimate of drug-likeness (QED) is 0.506. The van der Waals surface area contributed by atoms with Gasteiger partial charge in [-0.05, 0) is 36.0 Å². The monoisotopic (exact) mass is 240 g/mol. The summed E-state index contributed by atoms with van der Waals surface area (Å²) in [7, 11) is 0. The highest BCUT2D eigenvalue weighted by Crippen LogP contribution is 2.51. The van der Waals surface area contributed by atoms with E-state index < -0.39 is 0 Å². The molecule has 0 aromatic rings. The molecule has 0 amide bonds. The fourth-order valence-electron chi connectivity index (χ4n) is 3.06. The van der Waals surface area contributed by atoms with Gasteiger partial charge in [-0.1, -0.05) is 74.1 Å². The summed E-state index contributed by atoms with van der Waals surface area (Å²) in [5, 5.41) is 0. The van der Waals surface area contributed by atoms with Crippen LogP contribution in [0, 0.1) is 23.2 Å². The van der Waals surface area contributed by atoms with Crippen LogP contribution in [0.2, 0.25) is 0 Å². The van der Waals surface area contributed by atoms with Gasteiger partial charge >= 0.3 is 0 Å². The Balaban J connectivity index is 0.000000770. The van der Waals surface area contributed by atoms with E-state index in [0.29, 0.717) is 5.41 Å². The zero-order valence-electron chi connectivity index (χ0n) is 13.5. The molecule has 3 atom stereocenters. The van der Waals surface area contributed by atoms with Crippen molar-refractivity contribution in [1.82, 2.24) is 0 Å². The molecule has 0 heterocycles. The van der Waals surface area contributed by atoms with Crippen LogP contribution in [-0.4, -0.2) is 0 Å². The summed E-state index contributed by atoms with van der Waals surface area (Å²) in [6, 6.07) is 0. The van der Waals surface area contributed by atoms with E-state index in [9.17, 15) is 0 Å². The lowest BCUT2D eigenvalue weighted by Gasteiger charge is -2.50. The minimum Gasteiger partial charge on any atom is -0.0656 e. The molecule has 3 unspecified atom stereocenters. The maximum Gasteiger partial charge on any atom is -0.0332 e. The van der Waals surface area contributed by atoms with Crippen LogP contribution in [0.15, 0.2) is 0 Å². The molecule has 0 N–H and O–H groups in total. The van der Waals surface area contributed by atoms with Crippen LogP contribution in [-0.2, 0) is 0 Å². The first-order valence-electron chi connectivity index (χ1n) is 7.88. The fourth-order valence-corrected chi connectivity index (χ4v) is 3.06. The number of hydrogen-bond donors (Lipinski definition) is 0. The topological polar surface area (TPSA) is 0 Å². The summed E-state index contributed by atoms with van der Waals surface area (Å²) >= 11 is 0. The first-order chi connectivity index (χ1) is 7.88. The lowest BCUT2D eigenvalue weighted by Crippen LogP contribution is -2.42. The average Bonchev–Trinajstić information content (AvgIpc) is 2.20. The fraction of sp³-hybridized carbons (Fsp3) is 1.00. The third-order valence-corrected chi connectivity index (χ3v) is 4.13. The van der Waals surface area contributed by atoms with Gasteiger partial charge in [0.05, 0.1) is 0 Å². The van der Waals surface area contributed by atoms with Gasteiger partial charge in [0.25, 0.3) is 0 Å². The largest absolute Gasteiger partial charge is 0.0656 e. The molecule has 1 fully saturated rings. The van der Waals surface area contributed by atoms with Crippen molar-refractivity contribution in [1.29, 1.82) is 0 Å². The van der Waals surface area contributed by atoms with E-state index in [4.69, 9.17) is 0 Å². The van der Waals surface area contributed by atoms with Gasteiger partial charge in [0.1, 0.15) is 0 Å². The maximum atomic E-state index is 2.44. The predicted molar refractivity (Wildman–Crippen MR) is 80.3 cm³/mol. The molecule has 0 spiro atoms. The van der Waals surface area contributed by atoms with Gasteiger partial charge in [-0.2, -0.15) is 0 Å². The van der Waals surface area contributed by atoms with E-state index >= 15 is 0 Å². The molecule has 1 saturated carbocycles. The van der Waals surface area contributed by atoms with Crippen LogP contribution in [0.4, 0.5) is 0 Å². The van der Waals surface area contributed by atoms with Crippen molar-refractivity contribution in [3.8, 4) is 0 Å². The standard InChI is InChI=1S/C14H28.C3H8/c1-6-7-8-9-12-11(2)10-13(12)14(3,4)5;1-3-2/h11-13H,6-10H2,1-5H3;3H2,1-2H3. The second kappa shape index (κ2) is 8.16. The van der Waals surface area contributed by atoms with Gasteiger partial charge in [0, 0.05) is 0 Å². The van der Waals surface area contributed by atoms with E-state index in [1.54, 1.807) is 0 Å². The number of hydrogen-bond acceptors (Lipinski definition) is 0. The molecule has 1 rings (SSSR count). The second-order valence-electron chi connectivity index (χ2n) is 7.05. The molecule has 1 aliphatic carbocycles. The van der Waals surface area contributed by atoms with Crippen molar-refractivity contribution in [3.05, 3.63) is 0 Å². The van der Waals surface area contributed by atoms with Crippen LogP contribution in [0.25, 0.3) is 0 Å². The van der Waals surface area contributed by atoms with Crippen molar-refractivity contribution in [2.24, 2.45) is 23.2 Å². The summed E-state index contributed by atoms with van der Waals surface area (Å²) in [6.07, 6.45) is 8.46. The van der Waals surface area contributed by atoms with Crippen LogP contribution in [0.5, 0.6) is 0 Å². The molecule has 1 aliphatic rings. The van der Waals surface area contributed by atoms with Crippen LogP contribution >= 0.6 is 0 Å². The number of rotatable bonds is 4. The van der Waals surface area contributed by atoms with Gasteiger partial charge < -0.3 is 0 Å². The van der Waals surface area contributed by atoms with Crippen LogP contribution < -0.4 is 0 Å². The zero-order chi connectivity index (χ0) is 13.5. The molecule has 0 heteroatoms. The van der Waals surface area contributed by atoms with Gasteiger partial charge in [0.15, 0.2) is 0 Å². The Morgan fingerprint density at radius 1 is 1.00 bits per heavy atom. The molecule has 0 saturated heterocycles. The summed E-state index contributed by atoms with van der Waals surface area (Å²) in [5.74, 6) is 3.02. The van der Waals surface area contributed by atoms with Gasteiger partial charge in [0.2, 0.25) is 0 Å².